The van der Waals surface area contributed by atoms with Crippen molar-refractivity contribution in [1.82, 2.24) is 0 Å². The molecule has 0 saturated heterocycles. The second-order valence-corrected chi connectivity index (χ2v) is 7.66. The van der Waals surface area contributed by atoms with E-state index in [9.17, 15) is 0 Å². The molecular formula is C19H28. The molecule has 0 amide bonds. The molecule has 3 saturated carbocycles. The topological polar surface area (TPSA) is 0 Å². The van der Waals surface area contributed by atoms with Gasteiger partial charge < -0.3 is 0 Å². The highest BCUT2D eigenvalue weighted by molar-refractivity contribution is 5.19. The Labute approximate surface area is 118 Å². The van der Waals surface area contributed by atoms with Crippen molar-refractivity contribution < 1.29 is 0 Å². The van der Waals surface area contributed by atoms with E-state index in [2.05, 4.69) is 18.7 Å². The smallest absolute Gasteiger partial charge is 0.00898 e. The first-order valence-electron chi connectivity index (χ1n) is 8.66. The minimum Gasteiger partial charge on any atom is -0.103 e. The summed E-state index contributed by atoms with van der Waals surface area (Å²) in [5, 5.41) is 0. The van der Waals surface area contributed by atoms with Crippen LogP contribution in [0.1, 0.15) is 64.2 Å². The summed E-state index contributed by atoms with van der Waals surface area (Å²) in [5.41, 5.74) is 2.41. The standard InChI is InChI=1S/C19H28/c1-2-19-12-5-8-18(19)17-10-9-14-6-3-4-7-15(14)16(17)11-13-19/h2,6,15-18H,1,3-5,7-13H2/t15-,16+,17+,18-,19-/m0/s1. The third-order valence-corrected chi connectivity index (χ3v) is 7.20. The Morgan fingerprint density at radius 1 is 1.05 bits per heavy atom. The second-order valence-electron chi connectivity index (χ2n) is 7.66. The monoisotopic (exact) mass is 256 g/mol. The Balaban J connectivity index is 1.64. The second kappa shape index (κ2) is 4.50. The van der Waals surface area contributed by atoms with E-state index in [0.717, 1.165) is 23.7 Å². The Bertz CT molecular complexity index is 404. The highest BCUT2D eigenvalue weighted by atomic mass is 14.6. The lowest BCUT2D eigenvalue weighted by atomic mass is 9.52. The molecule has 0 unspecified atom stereocenters. The van der Waals surface area contributed by atoms with Crippen LogP contribution < -0.4 is 0 Å². The van der Waals surface area contributed by atoms with E-state index in [1.165, 1.54) is 64.2 Å². The zero-order chi connectivity index (χ0) is 12.9. The van der Waals surface area contributed by atoms with E-state index in [1.807, 2.05) is 5.57 Å². The highest BCUT2D eigenvalue weighted by Crippen LogP contribution is 2.62. The number of hydrogen-bond donors (Lipinski definition) is 0. The van der Waals surface area contributed by atoms with Gasteiger partial charge in [-0.2, -0.15) is 0 Å². The van der Waals surface area contributed by atoms with Crippen molar-refractivity contribution in [2.75, 3.05) is 0 Å². The fraction of sp³-hybridized carbons (Fsp3) is 0.789. The zero-order valence-electron chi connectivity index (χ0n) is 12.2. The van der Waals surface area contributed by atoms with Gasteiger partial charge >= 0.3 is 0 Å². The average molecular weight is 256 g/mol. The Kier molecular flexibility index (Phi) is 2.90. The molecule has 0 spiro atoms. The third kappa shape index (κ3) is 1.71. The van der Waals surface area contributed by atoms with Crippen LogP contribution in [-0.4, -0.2) is 0 Å². The van der Waals surface area contributed by atoms with Crippen LogP contribution in [0.3, 0.4) is 0 Å². The van der Waals surface area contributed by atoms with Crippen molar-refractivity contribution in [3.8, 4) is 0 Å². The summed E-state index contributed by atoms with van der Waals surface area (Å²) in [6.07, 6.45) is 19.6. The molecule has 0 aliphatic heterocycles. The predicted octanol–water partition coefficient (Wildman–Crippen LogP) is 5.51. The summed E-state index contributed by atoms with van der Waals surface area (Å²) in [7, 11) is 0. The molecule has 0 aromatic heterocycles. The number of hydrogen-bond acceptors (Lipinski definition) is 0. The van der Waals surface area contributed by atoms with Gasteiger partial charge in [0.2, 0.25) is 0 Å². The summed E-state index contributed by atoms with van der Waals surface area (Å²) >= 11 is 0. The van der Waals surface area contributed by atoms with Crippen molar-refractivity contribution in [3.05, 3.63) is 24.3 Å². The molecule has 0 heterocycles. The van der Waals surface area contributed by atoms with Crippen molar-refractivity contribution in [2.24, 2.45) is 29.1 Å². The van der Waals surface area contributed by atoms with Crippen LogP contribution in [0.2, 0.25) is 0 Å². The van der Waals surface area contributed by atoms with Gasteiger partial charge in [0.15, 0.2) is 0 Å². The van der Waals surface area contributed by atoms with Crippen LogP contribution in [0.25, 0.3) is 0 Å². The molecule has 0 bridgehead atoms. The van der Waals surface area contributed by atoms with Crippen LogP contribution in [0.4, 0.5) is 0 Å². The first kappa shape index (κ1) is 12.2. The third-order valence-electron chi connectivity index (χ3n) is 7.20. The van der Waals surface area contributed by atoms with Crippen LogP contribution in [0, 0.1) is 29.1 Å². The van der Waals surface area contributed by atoms with E-state index in [0.29, 0.717) is 5.41 Å². The minimum absolute atomic E-state index is 0.553. The lowest BCUT2D eigenvalue weighted by Crippen LogP contribution is -2.44. The first-order valence-corrected chi connectivity index (χ1v) is 8.66. The van der Waals surface area contributed by atoms with Gasteiger partial charge in [-0.25, -0.2) is 0 Å². The predicted molar refractivity (Wildman–Crippen MR) is 80.8 cm³/mol. The van der Waals surface area contributed by atoms with E-state index in [4.69, 9.17) is 0 Å². The van der Waals surface area contributed by atoms with Crippen molar-refractivity contribution in [3.63, 3.8) is 0 Å². The Morgan fingerprint density at radius 2 is 2.00 bits per heavy atom. The van der Waals surface area contributed by atoms with Crippen molar-refractivity contribution in [1.29, 1.82) is 0 Å². The Hall–Kier alpha value is -0.520. The van der Waals surface area contributed by atoms with E-state index < -0.39 is 0 Å². The fourth-order valence-electron chi connectivity index (χ4n) is 6.36. The minimum atomic E-state index is 0.553. The van der Waals surface area contributed by atoms with Crippen molar-refractivity contribution in [2.45, 2.75) is 64.2 Å². The van der Waals surface area contributed by atoms with Gasteiger partial charge in [-0.3, -0.25) is 0 Å². The normalized spacial score (nSPS) is 48.7. The zero-order valence-corrected chi connectivity index (χ0v) is 12.2. The largest absolute Gasteiger partial charge is 0.103 e. The Morgan fingerprint density at radius 3 is 2.89 bits per heavy atom. The maximum Gasteiger partial charge on any atom is -0.00898 e. The summed E-state index contributed by atoms with van der Waals surface area (Å²) < 4.78 is 0. The highest BCUT2D eigenvalue weighted by Gasteiger charge is 2.52. The number of rotatable bonds is 1. The van der Waals surface area contributed by atoms with E-state index >= 15 is 0 Å². The van der Waals surface area contributed by atoms with Crippen LogP contribution in [0.15, 0.2) is 24.3 Å². The lowest BCUT2D eigenvalue weighted by Gasteiger charge is -2.53. The van der Waals surface area contributed by atoms with Gasteiger partial charge in [-0.1, -0.05) is 24.1 Å². The summed E-state index contributed by atoms with van der Waals surface area (Å²) in [4.78, 5) is 0. The summed E-state index contributed by atoms with van der Waals surface area (Å²) in [6.45, 7) is 4.23. The molecule has 4 aliphatic carbocycles. The van der Waals surface area contributed by atoms with Gasteiger partial charge in [0.05, 0.1) is 0 Å². The molecule has 0 nitrogen and oxygen atoms in total. The molecule has 19 heavy (non-hydrogen) atoms. The van der Waals surface area contributed by atoms with Gasteiger partial charge in [0.25, 0.3) is 0 Å². The van der Waals surface area contributed by atoms with Gasteiger partial charge in [0.1, 0.15) is 0 Å². The molecule has 0 radical (unpaired) electrons. The molecule has 0 heteroatoms. The summed E-state index contributed by atoms with van der Waals surface area (Å²) in [6, 6.07) is 0. The van der Waals surface area contributed by atoms with E-state index in [-0.39, 0.29) is 0 Å². The molecule has 0 aromatic carbocycles. The van der Waals surface area contributed by atoms with Crippen molar-refractivity contribution >= 4 is 0 Å². The molecule has 5 atom stereocenters. The number of fused-ring (bicyclic) bond motifs is 5. The average Bonchev–Trinajstić information content (AvgIpc) is 2.91. The van der Waals surface area contributed by atoms with E-state index in [1.54, 1.807) is 0 Å². The van der Waals surface area contributed by atoms with Crippen LogP contribution in [-0.2, 0) is 0 Å². The maximum absolute atomic E-state index is 4.23. The molecule has 0 N–H and O–H groups in total. The van der Waals surface area contributed by atoms with Crippen LogP contribution in [0.5, 0.6) is 0 Å². The van der Waals surface area contributed by atoms with Crippen LogP contribution >= 0.6 is 0 Å². The molecule has 0 aromatic rings. The molecule has 3 fully saturated rings. The molecule has 4 rings (SSSR count). The molecule has 4 aliphatic rings. The summed E-state index contributed by atoms with van der Waals surface area (Å²) in [5.74, 6) is 4.05. The molecular weight excluding hydrogens is 228 g/mol. The van der Waals surface area contributed by atoms with Gasteiger partial charge in [0, 0.05) is 0 Å². The lowest BCUT2D eigenvalue weighted by molar-refractivity contribution is 0.0145. The fourth-order valence-corrected chi connectivity index (χ4v) is 6.36. The quantitative estimate of drug-likeness (QED) is 0.543. The maximum atomic E-state index is 4.23. The first-order chi connectivity index (χ1) is 9.34. The number of allylic oxidation sites excluding steroid dienone is 3. The molecule has 104 valence electrons. The van der Waals surface area contributed by atoms with Gasteiger partial charge in [-0.15, -0.1) is 6.58 Å². The SMILES string of the molecule is C=C[C@@]12CCC[C@H]1[C@@H]1CCC3=CCCC[C@@H]3[C@H]1CC2. The van der Waals surface area contributed by atoms with Gasteiger partial charge in [-0.05, 0) is 86.9 Å².